The van der Waals surface area contributed by atoms with E-state index in [1.807, 2.05) is 45.0 Å². The maximum absolute atomic E-state index is 13.6. The number of halogens is 4. The van der Waals surface area contributed by atoms with Crippen molar-refractivity contribution in [2.45, 2.75) is 66.5 Å². The number of aliphatic hydroxyl groups excluding tert-OH is 1. The van der Waals surface area contributed by atoms with Crippen LogP contribution in [-0.4, -0.2) is 22.1 Å². The zero-order valence-electron chi connectivity index (χ0n) is 24.4. The van der Waals surface area contributed by atoms with Gasteiger partial charge in [-0.05, 0) is 53.9 Å². The molecule has 0 saturated heterocycles. The van der Waals surface area contributed by atoms with Crippen molar-refractivity contribution in [1.82, 2.24) is 4.98 Å². The van der Waals surface area contributed by atoms with Crippen LogP contribution in [0.3, 0.4) is 0 Å². The van der Waals surface area contributed by atoms with Crippen LogP contribution in [0.1, 0.15) is 57.6 Å². The predicted molar refractivity (Wildman–Crippen MR) is 157 cm³/mol. The van der Waals surface area contributed by atoms with E-state index in [4.69, 9.17) is 4.98 Å². The summed E-state index contributed by atoms with van der Waals surface area (Å²) in [5, 5.41) is 12.6. The summed E-state index contributed by atoms with van der Waals surface area (Å²) >= 11 is 0. The largest absolute Gasteiger partial charge is 0.512 e. The number of hydrogen-bond acceptors (Lipinski definition) is 3. The summed E-state index contributed by atoms with van der Waals surface area (Å²) in [5.41, 5.74) is 5.04. The van der Waals surface area contributed by atoms with E-state index in [0.29, 0.717) is 12.8 Å². The van der Waals surface area contributed by atoms with E-state index < -0.39 is 24.3 Å². The molecule has 3 aromatic carbocycles. The van der Waals surface area contributed by atoms with Crippen molar-refractivity contribution in [2.24, 2.45) is 11.8 Å². The van der Waals surface area contributed by atoms with Gasteiger partial charge in [0.2, 0.25) is 0 Å². The molecule has 1 atom stereocenters. The topological polar surface area (TPSA) is 50.2 Å². The molecule has 1 heterocycles. The fourth-order valence-corrected chi connectivity index (χ4v) is 4.90. The van der Waals surface area contributed by atoms with Crippen LogP contribution >= 0.6 is 0 Å². The molecule has 42 heavy (non-hydrogen) atoms. The Bertz CT molecular complexity index is 1520. The molecule has 0 aliphatic carbocycles. The van der Waals surface area contributed by atoms with Gasteiger partial charge in [-0.1, -0.05) is 58.9 Å². The normalized spacial score (nSPS) is 12.6. The number of aryl methyl sites for hydroxylation is 2. The second kappa shape index (κ2) is 15.4. The smallest absolute Gasteiger partial charge is 0.389 e. The van der Waals surface area contributed by atoms with E-state index in [1.165, 1.54) is 18.6 Å². The Kier molecular flexibility index (Phi) is 12.9. The van der Waals surface area contributed by atoms with E-state index in [1.54, 1.807) is 12.1 Å². The number of pyridine rings is 1. The van der Waals surface area contributed by atoms with Crippen LogP contribution in [0.5, 0.6) is 0 Å². The molecule has 1 N–H and O–H groups in total. The number of aromatic nitrogens is 1. The number of allylic oxidation sites excluding steroid dienone is 2. The summed E-state index contributed by atoms with van der Waals surface area (Å²) in [7, 11) is 0. The van der Waals surface area contributed by atoms with Crippen LogP contribution in [-0.2, 0) is 24.9 Å². The maximum Gasteiger partial charge on any atom is 0.389 e. The van der Waals surface area contributed by atoms with E-state index >= 15 is 0 Å². The number of alkyl halides is 3. The summed E-state index contributed by atoms with van der Waals surface area (Å²) in [4.78, 5) is 16.4. The minimum atomic E-state index is -4.35. The number of nitrogens with zero attached hydrogens (tertiary/aromatic N) is 1. The van der Waals surface area contributed by atoms with Crippen LogP contribution in [0.25, 0.3) is 32.9 Å². The van der Waals surface area contributed by atoms with Crippen molar-refractivity contribution >= 4 is 27.5 Å². The molecule has 227 valence electrons. The third-order valence-corrected chi connectivity index (χ3v) is 7.14. The zero-order valence-corrected chi connectivity index (χ0v) is 26.8. The summed E-state index contributed by atoms with van der Waals surface area (Å²) < 4.78 is 50.3. The van der Waals surface area contributed by atoms with Crippen molar-refractivity contribution in [1.29, 1.82) is 0 Å². The Labute approximate surface area is 258 Å². The molecule has 8 heteroatoms. The molecular weight excluding hydrogens is 723 g/mol. The van der Waals surface area contributed by atoms with Crippen molar-refractivity contribution < 1.29 is 47.6 Å². The minimum Gasteiger partial charge on any atom is -0.512 e. The molecule has 1 radical (unpaired) electrons. The summed E-state index contributed by atoms with van der Waals surface area (Å²) in [6.45, 7) is 9.36. The number of carbonyl (C=O) groups excluding carboxylic acids is 1. The minimum absolute atomic E-state index is 0. The van der Waals surface area contributed by atoms with E-state index in [2.05, 4.69) is 25.1 Å². The van der Waals surface area contributed by atoms with Crippen molar-refractivity contribution in [3.05, 3.63) is 89.4 Å². The number of carbonyl (C=O) groups is 1. The van der Waals surface area contributed by atoms with Gasteiger partial charge in [0.05, 0.1) is 17.7 Å². The first-order chi connectivity index (χ1) is 19.3. The third-order valence-electron chi connectivity index (χ3n) is 7.14. The van der Waals surface area contributed by atoms with Gasteiger partial charge in [0.15, 0.2) is 5.78 Å². The fraction of sp³-hybridized carbons (Fsp3) is 0.353. The van der Waals surface area contributed by atoms with Gasteiger partial charge in [-0.3, -0.25) is 9.78 Å². The SMILES string of the molecule is CCC(CC(F)(F)F)C(=O)/C=C(\O)C(CC)CC.Cc1[c-]c(-c2ccc3c(ccc4ccc(F)cc43)n2)cc(C)c1.[Ir]. The molecule has 0 spiro atoms. The fourth-order valence-electron chi connectivity index (χ4n) is 4.90. The van der Waals surface area contributed by atoms with Gasteiger partial charge in [0.1, 0.15) is 5.82 Å². The van der Waals surface area contributed by atoms with Crippen LogP contribution in [0.2, 0.25) is 0 Å². The summed E-state index contributed by atoms with van der Waals surface area (Å²) in [6, 6.07) is 20.4. The Morgan fingerprint density at radius 1 is 0.929 bits per heavy atom. The van der Waals surface area contributed by atoms with Crippen molar-refractivity contribution in [3.8, 4) is 11.3 Å². The number of fused-ring (bicyclic) bond motifs is 3. The molecular formula is C34H36F4IrNO2-. The van der Waals surface area contributed by atoms with Gasteiger partial charge in [-0.15, -0.1) is 34.9 Å². The average molecular weight is 759 g/mol. The number of benzene rings is 3. The molecule has 0 fully saturated rings. The van der Waals surface area contributed by atoms with E-state index in [0.717, 1.165) is 44.6 Å². The molecule has 0 aliphatic rings. The molecule has 1 unspecified atom stereocenters. The molecule has 4 aromatic rings. The van der Waals surface area contributed by atoms with Gasteiger partial charge < -0.3 is 5.11 Å². The Balaban J connectivity index is 0.000000298. The first-order valence-electron chi connectivity index (χ1n) is 13.9. The molecule has 3 nitrogen and oxygen atoms in total. The number of hydrogen-bond donors (Lipinski definition) is 1. The number of rotatable bonds is 8. The quantitative estimate of drug-likeness (QED) is 0.0640. The van der Waals surface area contributed by atoms with Crippen molar-refractivity contribution in [2.75, 3.05) is 0 Å². The zero-order chi connectivity index (χ0) is 30.3. The average Bonchev–Trinajstić information content (AvgIpc) is 2.91. The standard InChI is InChI=1S/C21H15FN.C13H21F3O2.Ir/c1-13-9-14(2)11-16(10-13)20-8-6-18-19-12-17(22)5-3-15(19)4-7-21(18)23-20;1-4-9(5-2)11(17)7-12(18)10(6-3)8-13(14,15)16;/h3-10,12H,1-2H3;7,9-10,17H,4-6,8H2,1-3H3;/q-1;;/b;11-7-;. The third kappa shape index (κ3) is 9.47. The van der Waals surface area contributed by atoms with Crippen LogP contribution in [0, 0.1) is 37.6 Å². The van der Waals surface area contributed by atoms with Gasteiger partial charge in [0, 0.05) is 43.4 Å². The molecule has 1 aromatic heterocycles. The molecule has 0 amide bonds. The summed E-state index contributed by atoms with van der Waals surface area (Å²) in [5.74, 6) is -2.22. The number of aliphatic hydroxyl groups is 1. The summed E-state index contributed by atoms with van der Waals surface area (Å²) in [6.07, 6.45) is -3.09. The van der Waals surface area contributed by atoms with Gasteiger partial charge >= 0.3 is 6.18 Å². The maximum atomic E-state index is 13.6. The molecule has 0 bridgehead atoms. The molecule has 0 aliphatic heterocycles. The van der Waals surface area contributed by atoms with Crippen molar-refractivity contribution in [3.63, 3.8) is 0 Å². The van der Waals surface area contributed by atoms with Gasteiger partial charge in [-0.25, -0.2) is 4.39 Å². The Morgan fingerprint density at radius 3 is 2.17 bits per heavy atom. The molecule has 4 rings (SSSR count). The first kappa shape index (κ1) is 35.1. The first-order valence-corrected chi connectivity index (χ1v) is 13.9. The van der Waals surface area contributed by atoms with Crippen LogP contribution in [0.4, 0.5) is 17.6 Å². The molecule has 0 saturated carbocycles. The van der Waals surface area contributed by atoms with E-state index in [-0.39, 0.29) is 44.0 Å². The Hall–Kier alpha value is -3.09. The number of ketones is 1. The predicted octanol–water partition coefficient (Wildman–Crippen LogP) is 10.0. The van der Waals surface area contributed by atoms with Crippen LogP contribution in [0.15, 0.2) is 66.4 Å². The second-order valence-corrected chi connectivity index (χ2v) is 10.4. The Morgan fingerprint density at radius 2 is 1.57 bits per heavy atom. The van der Waals surface area contributed by atoms with E-state index in [9.17, 15) is 27.5 Å². The van der Waals surface area contributed by atoms with Gasteiger partial charge in [-0.2, -0.15) is 13.2 Å². The van der Waals surface area contributed by atoms with Gasteiger partial charge in [0.25, 0.3) is 0 Å². The second-order valence-electron chi connectivity index (χ2n) is 10.4. The monoisotopic (exact) mass is 759 g/mol. The van der Waals surface area contributed by atoms with Crippen LogP contribution < -0.4 is 0 Å².